The molecule has 0 radical (unpaired) electrons. The van der Waals surface area contributed by atoms with Gasteiger partial charge >= 0.3 is 0 Å². The van der Waals surface area contributed by atoms with E-state index in [-0.39, 0.29) is 11.3 Å². The average Bonchev–Trinajstić information content (AvgIpc) is 2.71. The highest BCUT2D eigenvalue weighted by Crippen LogP contribution is 2.24. The third-order valence-corrected chi connectivity index (χ3v) is 3.06. The van der Waals surface area contributed by atoms with Gasteiger partial charge in [-0.25, -0.2) is 4.68 Å². The van der Waals surface area contributed by atoms with E-state index in [0.29, 0.717) is 11.3 Å². The van der Waals surface area contributed by atoms with Gasteiger partial charge in [0.25, 0.3) is 0 Å². The molecule has 2 unspecified atom stereocenters. The molecule has 0 aliphatic heterocycles. The Balaban J connectivity index is 2.37. The minimum atomic E-state index is 0.0563. The number of carbonyl (C=O) groups is 1. The normalized spacial score (nSPS) is 12.3. The Hall–Kier alpha value is -1.61. The quantitative estimate of drug-likeness (QED) is 0.511. The fraction of sp³-hybridized carbons (Fsp3) is 0.167. The van der Waals surface area contributed by atoms with Gasteiger partial charge in [0.05, 0.1) is 23.3 Å². The van der Waals surface area contributed by atoms with Crippen molar-refractivity contribution in [1.29, 1.82) is 0 Å². The smallest absolute Gasteiger partial charge is 0.159 e. The van der Waals surface area contributed by atoms with Crippen LogP contribution in [0.1, 0.15) is 28.5 Å². The Morgan fingerprint density at radius 1 is 1.44 bits per heavy atom. The van der Waals surface area contributed by atoms with Gasteiger partial charge in [-0.05, 0) is 36.7 Å². The van der Waals surface area contributed by atoms with Gasteiger partial charge in [0.1, 0.15) is 7.85 Å². The average molecular weight is 259 g/mol. The van der Waals surface area contributed by atoms with Crippen molar-refractivity contribution < 1.29 is 4.79 Å². The van der Waals surface area contributed by atoms with Gasteiger partial charge in [-0.15, -0.1) is 9.24 Å². The largest absolute Gasteiger partial charge is 0.396 e. The predicted octanol–water partition coefficient (Wildman–Crippen LogP) is 1.16. The molecule has 18 heavy (non-hydrogen) atoms. The monoisotopic (exact) mass is 259 g/mol. The summed E-state index contributed by atoms with van der Waals surface area (Å²) < 4.78 is 1.73. The maximum Gasteiger partial charge on any atom is 0.159 e. The standard InChI is InChI=1S/C12H15BN3OP/c1-7(17)8-2-4-9(5-3-8)16-6-10(14)11(15-16)12(13)18/h2-6,12H,13-14,18H2,1H3. The molecule has 0 saturated carbocycles. The van der Waals surface area contributed by atoms with E-state index in [1.54, 1.807) is 29.9 Å². The minimum Gasteiger partial charge on any atom is -0.396 e. The van der Waals surface area contributed by atoms with Gasteiger partial charge in [0.2, 0.25) is 0 Å². The lowest BCUT2D eigenvalue weighted by atomic mass is 10.0. The number of hydrogen-bond donors (Lipinski definition) is 1. The third kappa shape index (κ3) is 2.46. The molecule has 6 heteroatoms. The van der Waals surface area contributed by atoms with Gasteiger partial charge in [-0.1, -0.05) is 0 Å². The number of aromatic nitrogens is 2. The first kappa shape index (κ1) is 12.8. The van der Waals surface area contributed by atoms with E-state index < -0.39 is 0 Å². The van der Waals surface area contributed by atoms with Crippen molar-refractivity contribution in [2.24, 2.45) is 0 Å². The highest BCUT2D eigenvalue weighted by atomic mass is 31.0. The molecule has 0 aliphatic rings. The number of hydrogen-bond acceptors (Lipinski definition) is 3. The lowest BCUT2D eigenvalue weighted by Crippen LogP contribution is -1.99. The first-order valence-electron chi connectivity index (χ1n) is 5.71. The number of nitrogens with two attached hydrogens (primary N) is 1. The van der Waals surface area contributed by atoms with Crippen LogP contribution >= 0.6 is 9.24 Å². The van der Waals surface area contributed by atoms with Gasteiger partial charge in [0.15, 0.2) is 5.78 Å². The van der Waals surface area contributed by atoms with E-state index in [1.165, 1.54) is 0 Å². The van der Waals surface area contributed by atoms with Crippen LogP contribution in [0.3, 0.4) is 0 Å². The van der Waals surface area contributed by atoms with Crippen LogP contribution in [-0.2, 0) is 0 Å². The molecule has 2 rings (SSSR count). The van der Waals surface area contributed by atoms with Gasteiger partial charge in [0, 0.05) is 5.56 Å². The summed E-state index contributed by atoms with van der Waals surface area (Å²) in [5, 5.41) is 4.44. The molecule has 2 atom stereocenters. The van der Waals surface area contributed by atoms with Gasteiger partial charge in [-0.2, -0.15) is 5.10 Å². The summed E-state index contributed by atoms with van der Waals surface area (Å²) in [6.45, 7) is 1.55. The van der Waals surface area contributed by atoms with E-state index in [1.807, 2.05) is 20.0 Å². The van der Waals surface area contributed by atoms with Crippen molar-refractivity contribution in [1.82, 2.24) is 9.78 Å². The number of nitrogens with zero attached hydrogens (tertiary/aromatic N) is 2. The molecule has 1 aromatic carbocycles. The summed E-state index contributed by atoms with van der Waals surface area (Å²) in [4.78, 5) is 11.2. The van der Waals surface area contributed by atoms with E-state index >= 15 is 0 Å². The molecule has 2 N–H and O–H groups in total. The molecule has 1 heterocycles. The van der Waals surface area contributed by atoms with Crippen LogP contribution in [0.5, 0.6) is 0 Å². The fourth-order valence-corrected chi connectivity index (χ4v) is 1.99. The summed E-state index contributed by atoms with van der Waals surface area (Å²) in [6.07, 6.45) is 1.79. The van der Waals surface area contributed by atoms with Crippen LogP contribution in [0.4, 0.5) is 5.69 Å². The molecule has 4 nitrogen and oxygen atoms in total. The second-order valence-electron chi connectivity index (χ2n) is 4.31. The molecule has 1 aromatic heterocycles. The van der Waals surface area contributed by atoms with Crippen LogP contribution in [0.2, 0.25) is 0 Å². The lowest BCUT2D eigenvalue weighted by molar-refractivity contribution is 0.101. The Morgan fingerprint density at radius 2 is 2.06 bits per heavy atom. The number of benzene rings is 1. The molecule has 92 valence electrons. The minimum absolute atomic E-state index is 0.0563. The second-order valence-corrected chi connectivity index (χ2v) is 5.31. The van der Waals surface area contributed by atoms with Crippen molar-refractivity contribution in [2.45, 2.75) is 12.5 Å². The first-order valence-corrected chi connectivity index (χ1v) is 6.37. The maximum absolute atomic E-state index is 11.2. The number of carbonyl (C=O) groups excluding carboxylic acids is 1. The summed E-state index contributed by atoms with van der Waals surface area (Å²) in [6, 6.07) is 7.31. The highest BCUT2D eigenvalue weighted by molar-refractivity contribution is 7.20. The van der Waals surface area contributed by atoms with Crippen molar-refractivity contribution in [3.8, 4) is 5.69 Å². The molecule has 0 fully saturated rings. The highest BCUT2D eigenvalue weighted by Gasteiger charge is 2.10. The number of Topliss-reactive ketones (excluding diaryl/α,β-unsaturated/α-hetero) is 1. The van der Waals surface area contributed by atoms with Crippen LogP contribution in [0.15, 0.2) is 30.5 Å². The summed E-state index contributed by atoms with van der Waals surface area (Å²) in [5.74, 6) is 0.0563. The Labute approximate surface area is 109 Å². The van der Waals surface area contributed by atoms with Crippen molar-refractivity contribution >= 4 is 28.6 Å². The number of rotatable bonds is 3. The van der Waals surface area contributed by atoms with Crippen molar-refractivity contribution in [2.75, 3.05) is 5.73 Å². The number of anilines is 1. The van der Waals surface area contributed by atoms with Crippen LogP contribution in [-0.4, -0.2) is 23.4 Å². The first-order chi connectivity index (χ1) is 8.49. The Bertz CT molecular complexity index is 578. The van der Waals surface area contributed by atoms with Gasteiger partial charge < -0.3 is 5.73 Å². The van der Waals surface area contributed by atoms with Gasteiger partial charge in [-0.3, -0.25) is 4.79 Å². The van der Waals surface area contributed by atoms with E-state index in [4.69, 9.17) is 5.73 Å². The second kappa shape index (κ2) is 4.95. The fourth-order valence-electron chi connectivity index (χ4n) is 1.74. The summed E-state index contributed by atoms with van der Waals surface area (Å²) >= 11 is 0. The Kier molecular flexibility index (Phi) is 3.53. The van der Waals surface area contributed by atoms with E-state index in [2.05, 4.69) is 14.3 Å². The summed E-state index contributed by atoms with van der Waals surface area (Å²) in [7, 11) is 4.70. The van der Waals surface area contributed by atoms with Crippen LogP contribution < -0.4 is 5.73 Å². The predicted molar refractivity (Wildman–Crippen MR) is 79.0 cm³/mol. The molecular formula is C12H15BN3OP. The molecule has 2 aromatic rings. The number of ketones is 1. The molecule has 0 bridgehead atoms. The molecular weight excluding hydrogens is 244 g/mol. The van der Waals surface area contributed by atoms with Crippen molar-refractivity contribution in [3.63, 3.8) is 0 Å². The lowest BCUT2D eigenvalue weighted by Gasteiger charge is -2.03. The maximum atomic E-state index is 11.2. The zero-order valence-electron chi connectivity index (χ0n) is 10.4. The van der Waals surface area contributed by atoms with Crippen molar-refractivity contribution in [3.05, 3.63) is 41.7 Å². The Morgan fingerprint density at radius 3 is 2.50 bits per heavy atom. The topological polar surface area (TPSA) is 60.9 Å². The number of nitrogen functional groups attached to an aromatic ring is 1. The third-order valence-electron chi connectivity index (χ3n) is 2.74. The van der Waals surface area contributed by atoms with Crippen LogP contribution in [0.25, 0.3) is 5.69 Å². The SMILES string of the molecule is BC(P)c1nn(-c2ccc(C(C)=O)cc2)cc1N. The van der Waals surface area contributed by atoms with E-state index in [9.17, 15) is 4.79 Å². The zero-order valence-corrected chi connectivity index (χ0v) is 11.6. The summed E-state index contributed by atoms with van der Waals surface area (Å²) in [5.41, 5.74) is 9.23. The molecule has 0 spiro atoms. The molecule has 0 aliphatic carbocycles. The zero-order chi connectivity index (χ0) is 13.3. The van der Waals surface area contributed by atoms with Crippen LogP contribution in [0, 0.1) is 0 Å². The molecule has 0 amide bonds. The molecule has 0 saturated heterocycles. The van der Waals surface area contributed by atoms with E-state index in [0.717, 1.165) is 11.4 Å².